The second kappa shape index (κ2) is 15.9. The molecule has 2 fully saturated rings. The van der Waals surface area contributed by atoms with Gasteiger partial charge in [0, 0.05) is 22.7 Å². The minimum atomic E-state index is 0.545. The molecule has 2 saturated heterocycles. The molecule has 5 aromatic rings. The van der Waals surface area contributed by atoms with Gasteiger partial charge in [0.2, 0.25) is 0 Å². The fourth-order valence-electron chi connectivity index (χ4n) is 6.81. The third-order valence-electron chi connectivity index (χ3n) is 9.48. The largest absolute Gasteiger partial charge is 0.493 e. The van der Waals surface area contributed by atoms with Crippen molar-refractivity contribution in [2.24, 2.45) is 0 Å². The van der Waals surface area contributed by atoms with Crippen LogP contribution in [0.4, 0.5) is 0 Å². The van der Waals surface area contributed by atoms with E-state index in [2.05, 4.69) is 82.6 Å². The van der Waals surface area contributed by atoms with Crippen molar-refractivity contribution < 1.29 is 18.9 Å². The number of nitrogens with zero attached hydrogens (tertiary/aromatic N) is 2. The molecule has 1 aromatic heterocycles. The van der Waals surface area contributed by atoms with Crippen molar-refractivity contribution >= 4 is 21.4 Å². The summed E-state index contributed by atoms with van der Waals surface area (Å²) >= 11 is 1.82. The molecule has 6 nitrogen and oxygen atoms in total. The van der Waals surface area contributed by atoms with Gasteiger partial charge in [-0.15, -0.1) is 11.3 Å². The monoisotopic (exact) mass is 662 g/mol. The van der Waals surface area contributed by atoms with Gasteiger partial charge in [-0.1, -0.05) is 36.4 Å². The van der Waals surface area contributed by atoms with E-state index in [9.17, 15) is 0 Å². The summed E-state index contributed by atoms with van der Waals surface area (Å²) in [5, 5.41) is 1.25. The summed E-state index contributed by atoms with van der Waals surface area (Å²) < 4.78 is 25.6. The highest BCUT2D eigenvalue weighted by Crippen LogP contribution is 2.42. The van der Waals surface area contributed by atoms with Crippen LogP contribution in [0.3, 0.4) is 0 Å². The van der Waals surface area contributed by atoms with Gasteiger partial charge in [0.15, 0.2) is 11.5 Å². The quantitative estimate of drug-likeness (QED) is 0.112. The maximum Gasteiger partial charge on any atom is 0.161 e. The molecule has 0 atom stereocenters. The fraction of sp³-hybridized carbons (Fsp3) is 0.366. The Kier molecular flexibility index (Phi) is 10.8. The van der Waals surface area contributed by atoms with Crippen molar-refractivity contribution in [2.45, 2.75) is 38.7 Å². The summed E-state index contributed by atoms with van der Waals surface area (Å²) in [5.41, 5.74) is 4.84. The number of likely N-dealkylation sites (tertiary alicyclic amines) is 2. The zero-order valence-electron chi connectivity index (χ0n) is 28.0. The van der Waals surface area contributed by atoms with Crippen LogP contribution in [-0.4, -0.2) is 69.4 Å². The molecule has 0 spiro atoms. The standard InChI is InChI=1S/C41H46N2O4S/c1-44-39-28-32(11-18-38(39)46-26-24-43-21-7-8-22-43)27-37-36-17-16-35(47-30-31-9-3-2-4-10-31)29-40(36)48-41(37)33-12-14-34(15-13-33)45-25-23-42-19-5-6-20-42/h2-4,9-18,28-29H,5-8,19-27,30H2,1H3. The van der Waals surface area contributed by atoms with Gasteiger partial charge in [-0.25, -0.2) is 0 Å². The lowest BCUT2D eigenvalue weighted by atomic mass is 9.98. The van der Waals surface area contributed by atoms with E-state index in [1.54, 1.807) is 7.11 Å². The van der Waals surface area contributed by atoms with Crippen molar-refractivity contribution in [3.05, 3.63) is 108 Å². The topological polar surface area (TPSA) is 43.4 Å². The van der Waals surface area contributed by atoms with E-state index < -0.39 is 0 Å². The van der Waals surface area contributed by atoms with Gasteiger partial charge in [-0.2, -0.15) is 0 Å². The Hall–Kier alpha value is -4.04. The van der Waals surface area contributed by atoms with Gasteiger partial charge in [-0.3, -0.25) is 9.80 Å². The molecule has 0 amide bonds. The molecule has 4 aromatic carbocycles. The zero-order valence-corrected chi connectivity index (χ0v) is 28.8. The first-order valence-electron chi connectivity index (χ1n) is 17.4. The third kappa shape index (κ3) is 8.15. The molecule has 2 aliphatic rings. The molecule has 48 heavy (non-hydrogen) atoms. The lowest BCUT2D eigenvalue weighted by Crippen LogP contribution is -2.25. The highest BCUT2D eigenvalue weighted by Gasteiger charge is 2.18. The van der Waals surface area contributed by atoms with Crippen molar-refractivity contribution in [1.82, 2.24) is 9.80 Å². The number of hydrogen-bond acceptors (Lipinski definition) is 7. The average Bonchev–Trinajstić information content (AvgIpc) is 3.91. The highest BCUT2D eigenvalue weighted by molar-refractivity contribution is 7.22. The Bertz CT molecular complexity index is 1760. The lowest BCUT2D eigenvalue weighted by molar-refractivity contribution is 0.230. The molecule has 0 radical (unpaired) electrons. The SMILES string of the molecule is COc1cc(Cc2c(-c3ccc(OCCN4CCCC4)cc3)sc3cc(OCc4ccccc4)ccc23)ccc1OCCN1CCCC1. The fourth-order valence-corrected chi connectivity index (χ4v) is 8.06. The number of fused-ring (bicyclic) bond motifs is 1. The maximum absolute atomic E-state index is 6.22. The summed E-state index contributed by atoms with van der Waals surface area (Å²) in [7, 11) is 1.73. The van der Waals surface area contributed by atoms with Crippen LogP contribution in [0, 0.1) is 0 Å². The minimum absolute atomic E-state index is 0.545. The van der Waals surface area contributed by atoms with Crippen LogP contribution < -0.4 is 18.9 Å². The Labute approximate surface area is 288 Å². The van der Waals surface area contributed by atoms with E-state index >= 15 is 0 Å². The van der Waals surface area contributed by atoms with E-state index in [0.29, 0.717) is 13.2 Å². The van der Waals surface area contributed by atoms with Crippen molar-refractivity contribution in [3.8, 4) is 33.4 Å². The Morgan fingerprint density at radius 2 is 1.31 bits per heavy atom. The lowest BCUT2D eigenvalue weighted by Gasteiger charge is -2.17. The van der Waals surface area contributed by atoms with Gasteiger partial charge in [0.05, 0.1) is 7.11 Å². The molecule has 2 aliphatic heterocycles. The van der Waals surface area contributed by atoms with Gasteiger partial charge in [-0.05, 0) is 141 Å². The van der Waals surface area contributed by atoms with Crippen molar-refractivity contribution in [3.63, 3.8) is 0 Å². The van der Waals surface area contributed by atoms with E-state index in [1.807, 2.05) is 29.5 Å². The maximum atomic E-state index is 6.22. The van der Waals surface area contributed by atoms with Crippen LogP contribution in [0.15, 0.2) is 91.0 Å². The molecule has 0 N–H and O–H groups in total. The molecule has 0 unspecified atom stereocenters. The van der Waals surface area contributed by atoms with Gasteiger partial charge < -0.3 is 18.9 Å². The van der Waals surface area contributed by atoms with Gasteiger partial charge in [0.1, 0.15) is 31.3 Å². The number of rotatable bonds is 15. The smallest absolute Gasteiger partial charge is 0.161 e. The molecule has 250 valence electrons. The second-order valence-electron chi connectivity index (χ2n) is 12.8. The summed E-state index contributed by atoms with van der Waals surface area (Å²) in [6.07, 6.45) is 5.96. The predicted molar refractivity (Wildman–Crippen MR) is 196 cm³/mol. The van der Waals surface area contributed by atoms with Crippen LogP contribution in [0.5, 0.6) is 23.0 Å². The number of benzene rings is 4. The summed E-state index contributed by atoms with van der Waals surface area (Å²) in [4.78, 5) is 6.21. The number of thiophene rings is 1. The van der Waals surface area contributed by atoms with E-state index in [4.69, 9.17) is 18.9 Å². The summed E-state index contributed by atoms with van der Waals surface area (Å²) in [6.45, 7) is 8.60. The van der Waals surface area contributed by atoms with Crippen LogP contribution in [-0.2, 0) is 13.0 Å². The first-order valence-corrected chi connectivity index (χ1v) is 18.2. The number of methoxy groups -OCH3 is 1. The normalized spacial score (nSPS) is 15.3. The molecule has 0 saturated carbocycles. The highest BCUT2D eigenvalue weighted by atomic mass is 32.1. The molecular formula is C41H46N2O4S. The van der Waals surface area contributed by atoms with Crippen molar-refractivity contribution in [2.75, 3.05) is 59.6 Å². The first kappa shape index (κ1) is 32.5. The minimum Gasteiger partial charge on any atom is -0.493 e. The Balaban J connectivity index is 1.12. The number of hydrogen-bond donors (Lipinski definition) is 0. The van der Waals surface area contributed by atoms with Gasteiger partial charge in [0.25, 0.3) is 0 Å². The molecular weight excluding hydrogens is 617 g/mol. The third-order valence-corrected chi connectivity index (χ3v) is 10.7. The van der Waals surface area contributed by atoms with E-state index in [1.165, 1.54) is 83.5 Å². The van der Waals surface area contributed by atoms with Crippen LogP contribution in [0.1, 0.15) is 42.4 Å². The predicted octanol–water partition coefficient (Wildman–Crippen LogP) is 8.70. The molecule has 3 heterocycles. The Morgan fingerprint density at radius 1 is 0.625 bits per heavy atom. The van der Waals surface area contributed by atoms with E-state index in [-0.39, 0.29) is 0 Å². The molecule has 7 rings (SSSR count). The van der Waals surface area contributed by atoms with E-state index in [0.717, 1.165) is 54.7 Å². The second-order valence-corrected chi connectivity index (χ2v) is 13.9. The Morgan fingerprint density at radius 3 is 2.02 bits per heavy atom. The van der Waals surface area contributed by atoms with Crippen LogP contribution in [0.2, 0.25) is 0 Å². The zero-order chi connectivity index (χ0) is 32.5. The average molecular weight is 663 g/mol. The van der Waals surface area contributed by atoms with Gasteiger partial charge >= 0.3 is 0 Å². The number of ether oxygens (including phenoxy) is 4. The molecule has 0 bridgehead atoms. The summed E-state index contributed by atoms with van der Waals surface area (Å²) in [6, 6.07) is 31.8. The first-order chi connectivity index (χ1) is 23.7. The molecule has 7 heteroatoms. The molecule has 0 aliphatic carbocycles. The van der Waals surface area contributed by atoms with Crippen LogP contribution >= 0.6 is 11.3 Å². The van der Waals surface area contributed by atoms with Crippen LogP contribution in [0.25, 0.3) is 20.5 Å². The van der Waals surface area contributed by atoms with Crippen molar-refractivity contribution in [1.29, 1.82) is 0 Å². The summed E-state index contributed by atoms with van der Waals surface area (Å²) in [5.74, 6) is 3.38.